The van der Waals surface area contributed by atoms with Gasteiger partial charge in [0.05, 0.1) is 12.0 Å². The highest BCUT2D eigenvalue weighted by molar-refractivity contribution is 7.92. The van der Waals surface area contributed by atoms with Crippen molar-refractivity contribution in [3.8, 4) is 5.75 Å². The lowest BCUT2D eigenvalue weighted by molar-refractivity contribution is 0.261. The smallest absolute Gasteiger partial charge is 0.263 e. The van der Waals surface area contributed by atoms with E-state index >= 15 is 0 Å². The normalized spacial score (nSPS) is 14.5. The van der Waals surface area contributed by atoms with Crippen LogP contribution < -0.4 is 9.46 Å². The van der Waals surface area contributed by atoms with Crippen LogP contribution in [0.3, 0.4) is 0 Å². The molecule has 200 valence electrons. The van der Waals surface area contributed by atoms with Crippen LogP contribution in [0.25, 0.3) is 0 Å². The maximum absolute atomic E-state index is 13.4. The molecular weight excluding hydrogens is 526 g/mol. The number of methoxy groups -OCH3 is 1. The molecule has 1 aliphatic carbocycles. The molecule has 0 aliphatic heterocycles. The van der Waals surface area contributed by atoms with Crippen molar-refractivity contribution in [1.29, 1.82) is 0 Å². The predicted octanol–water partition coefficient (Wildman–Crippen LogP) is 5.96. The van der Waals surface area contributed by atoms with Crippen LogP contribution in [0.15, 0.2) is 87.2 Å². The van der Waals surface area contributed by atoms with E-state index in [4.69, 9.17) is 21.1 Å². The number of allylic oxidation sites excluding steroid dienone is 5. The number of anilines is 1. The summed E-state index contributed by atoms with van der Waals surface area (Å²) in [6, 6.07) is 6.60. The summed E-state index contributed by atoms with van der Waals surface area (Å²) in [5.41, 5.74) is 0.849. The molecule has 0 bridgehead atoms. The van der Waals surface area contributed by atoms with Gasteiger partial charge in [0, 0.05) is 6.20 Å². The van der Waals surface area contributed by atoms with E-state index in [2.05, 4.69) is 31.4 Å². The Kier molecular flexibility index (Phi) is 9.24. The summed E-state index contributed by atoms with van der Waals surface area (Å²) in [6.45, 7) is 11.4. The molecule has 2 aromatic rings. The fourth-order valence-electron chi connectivity index (χ4n) is 3.29. The van der Waals surface area contributed by atoms with Crippen molar-refractivity contribution in [2.24, 2.45) is 9.98 Å². The number of aliphatic imine (C=N–C) groups is 2. The second kappa shape index (κ2) is 12.2. The van der Waals surface area contributed by atoms with Crippen molar-refractivity contribution >= 4 is 40.0 Å². The van der Waals surface area contributed by atoms with Crippen LogP contribution in [0.1, 0.15) is 45.5 Å². The van der Waals surface area contributed by atoms with E-state index in [1.54, 1.807) is 37.3 Å². The Bertz CT molecular complexity index is 1450. The Labute approximate surface area is 228 Å². The molecule has 0 amide bonds. The SMILES string of the molecule is C=NC(=N/C=C\C)c1nc(Cl)c(OC2=CC=CCC=C2OC)c(NS(=O)(=O)c2ccc(C(C)(C)C)cc2)n1. The van der Waals surface area contributed by atoms with E-state index in [9.17, 15) is 8.42 Å². The van der Waals surface area contributed by atoms with Gasteiger partial charge in [0.1, 0.15) is 0 Å². The predicted molar refractivity (Wildman–Crippen MR) is 151 cm³/mol. The number of halogens is 1. The first-order valence-corrected chi connectivity index (χ1v) is 13.5. The third-order valence-electron chi connectivity index (χ3n) is 5.28. The number of rotatable bonds is 8. The molecule has 0 atom stereocenters. The Hall–Kier alpha value is -3.76. The van der Waals surface area contributed by atoms with Crippen LogP contribution in [0.4, 0.5) is 5.82 Å². The van der Waals surface area contributed by atoms with Crippen LogP contribution in [-0.4, -0.2) is 38.0 Å². The molecule has 0 unspecified atom stereocenters. The number of nitrogens with one attached hydrogen (secondary N) is 1. The molecule has 0 saturated carbocycles. The molecule has 0 spiro atoms. The van der Waals surface area contributed by atoms with Gasteiger partial charge in [0.2, 0.25) is 11.6 Å². The monoisotopic (exact) mass is 555 g/mol. The van der Waals surface area contributed by atoms with Gasteiger partial charge in [-0.3, -0.25) is 4.72 Å². The van der Waals surface area contributed by atoms with Crippen molar-refractivity contribution in [2.75, 3.05) is 11.8 Å². The topological polar surface area (TPSA) is 115 Å². The van der Waals surface area contributed by atoms with E-state index in [0.717, 1.165) is 5.56 Å². The van der Waals surface area contributed by atoms with Crippen molar-refractivity contribution in [3.05, 3.63) is 88.9 Å². The molecule has 38 heavy (non-hydrogen) atoms. The number of aromatic nitrogens is 2. The molecule has 1 aliphatic rings. The molecule has 3 rings (SSSR count). The first kappa shape index (κ1) is 28.8. The number of ether oxygens (including phenoxy) is 2. The van der Waals surface area contributed by atoms with Gasteiger partial charge in [-0.05, 0) is 55.3 Å². The van der Waals surface area contributed by atoms with Gasteiger partial charge >= 0.3 is 0 Å². The van der Waals surface area contributed by atoms with E-state index < -0.39 is 10.0 Å². The highest BCUT2D eigenvalue weighted by Gasteiger charge is 2.25. The molecule has 1 aromatic heterocycles. The van der Waals surface area contributed by atoms with Gasteiger partial charge in [0.25, 0.3) is 10.0 Å². The quantitative estimate of drug-likeness (QED) is 0.244. The summed E-state index contributed by atoms with van der Waals surface area (Å²) in [5, 5.41) is -0.169. The average molecular weight is 556 g/mol. The molecule has 9 nitrogen and oxygen atoms in total. The summed E-state index contributed by atoms with van der Waals surface area (Å²) in [5.74, 6) is 0.392. The van der Waals surface area contributed by atoms with Crippen molar-refractivity contribution in [2.45, 2.75) is 44.4 Å². The van der Waals surface area contributed by atoms with Crippen molar-refractivity contribution < 1.29 is 17.9 Å². The standard InChI is InChI=1S/C27H30ClN5O4S/c1-7-17-30-25(29-5)26-31-23(28)22(37-21-12-10-8-9-11-20(21)36-6)24(32-26)33-38(34,35)19-15-13-18(14-16-19)27(2,3)4/h7-8,10-17H,5,9H2,1-4,6H3,(H,31,32,33)/b17-7-,30-25?. The Morgan fingerprint density at radius 3 is 2.50 bits per heavy atom. The molecular formula is C27H30ClN5O4S. The van der Waals surface area contributed by atoms with Crippen molar-refractivity contribution in [3.63, 3.8) is 0 Å². The van der Waals surface area contributed by atoms with E-state index in [-0.39, 0.29) is 38.7 Å². The minimum Gasteiger partial charge on any atom is -0.493 e. The van der Waals surface area contributed by atoms with Crippen LogP contribution in [-0.2, 0) is 20.2 Å². The van der Waals surface area contributed by atoms with Gasteiger partial charge in [0.15, 0.2) is 28.3 Å². The summed E-state index contributed by atoms with van der Waals surface area (Å²) in [6.07, 6.45) is 10.9. The lowest BCUT2D eigenvalue weighted by Crippen LogP contribution is -2.18. The zero-order valence-corrected chi connectivity index (χ0v) is 23.5. The zero-order valence-electron chi connectivity index (χ0n) is 21.9. The molecule has 1 N–H and O–H groups in total. The van der Waals surface area contributed by atoms with Gasteiger partial charge in [-0.1, -0.05) is 62.7 Å². The lowest BCUT2D eigenvalue weighted by atomic mass is 9.87. The van der Waals surface area contributed by atoms with Gasteiger partial charge < -0.3 is 9.47 Å². The highest BCUT2D eigenvalue weighted by atomic mass is 35.5. The van der Waals surface area contributed by atoms with Crippen LogP contribution in [0.2, 0.25) is 5.15 Å². The molecule has 0 saturated heterocycles. The Balaban J connectivity index is 2.13. The van der Waals surface area contributed by atoms with Crippen molar-refractivity contribution in [1.82, 2.24) is 9.97 Å². The molecule has 0 radical (unpaired) electrons. The second-order valence-corrected chi connectivity index (χ2v) is 11.1. The van der Waals surface area contributed by atoms with Gasteiger partial charge in [-0.25, -0.2) is 28.4 Å². The number of nitrogens with zero attached hydrogens (tertiary/aromatic N) is 4. The minimum atomic E-state index is -4.11. The van der Waals surface area contributed by atoms with Crippen LogP contribution in [0.5, 0.6) is 5.75 Å². The number of amidine groups is 1. The minimum absolute atomic E-state index is 0.0338. The number of hydrogen-bond donors (Lipinski definition) is 1. The number of benzene rings is 1. The maximum Gasteiger partial charge on any atom is 0.263 e. The molecule has 1 heterocycles. The second-order valence-electron chi connectivity index (χ2n) is 9.06. The average Bonchev–Trinajstić information content (AvgIpc) is 3.10. The highest BCUT2D eigenvalue weighted by Crippen LogP contribution is 2.35. The largest absolute Gasteiger partial charge is 0.493 e. The maximum atomic E-state index is 13.4. The first-order valence-electron chi connectivity index (χ1n) is 11.7. The Morgan fingerprint density at radius 2 is 1.89 bits per heavy atom. The van der Waals surface area contributed by atoms with Gasteiger partial charge in [-0.2, -0.15) is 0 Å². The van der Waals surface area contributed by atoms with E-state index in [0.29, 0.717) is 17.9 Å². The van der Waals surface area contributed by atoms with Crippen LogP contribution >= 0.6 is 11.6 Å². The summed E-state index contributed by atoms with van der Waals surface area (Å²) in [7, 11) is -2.61. The fraction of sp³-hybridized carbons (Fsp3) is 0.259. The summed E-state index contributed by atoms with van der Waals surface area (Å²) < 4.78 is 40.8. The fourth-order valence-corrected chi connectivity index (χ4v) is 4.50. The summed E-state index contributed by atoms with van der Waals surface area (Å²) in [4.78, 5) is 16.6. The molecule has 0 fully saturated rings. The first-order chi connectivity index (χ1) is 18.0. The summed E-state index contributed by atoms with van der Waals surface area (Å²) >= 11 is 6.51. The third kappa shape index (κ3) is 6.96. The third-order valence-corrected chi connectivity index (χ3v) is 6.89. The Morgan fingerprint density at radius 1 is 1.18 bits per heavy atom. The van der Waals surface area contributed by atoms with Crippen LogP contribution in [0, 0.1) is 0 Å². The zero-order chi connectivity index (χ0) is 27.9. The molecule has 11 heteroatoms. The lowest BCUT2D eigenvalue weighted by Gasteiger charge is -2.19. The number of hydrogen-bond acceptors (Lipinski definition) is 7. The molecule has 1 aromatic carbocycles. The van der Waals surface area contributed by atoms with E-state index in [1.807, 2.05) is 32.9 Å². The van der Waals surface area contributed by atoms with Gasteiger partial charge in [-0.15, -0.1) is 0 Å². The number of sulfonamides is 1. The van der Waals surface area contributed by atoms with E-state index in [1.165, 1.54) is 25.4 Å².